The molecule has 14 heavy (non-hydrogen) atoms. The Morgan fingerprint density at radius 3 is 3.00 bits per heavy atom. The van der Waals surface area contributed by atoms with Gasteiger partial charge in [0.15, 0.2) is 0 Å². The minimum atomic E-state index is 0.696. The van der Waals surface area contributed by atoms with E-state index >= 15 is 0 Å². The van der Waals surface area contributed by atoms with Crippen molar-refractivity contribution in [2.24, 2.45) is 5.92 Å². The summed E-state index contributed by atoms with van der Waals surface area (Å²) >= 11 is 1.62. The van der Waals surface area contributed by atoms with E-state index in [1.54, 1.807) is 11.5 Å². The minimum absolute atomic E-state index is 0.696. The van der Waals surface area contributed by atoms with E-state index in [2.05, 4.69) is 21.2 Å². The lowest BCUT2D eigenvalue weighted by molar-refractivity contribution is 0.346. The van der Waals surface area contributed by atoms with Gasteiger partial charge in [-0.3, -0.25) is 0 Å². The van der Waals surface area contributed by atoms with Crippen molar-refractivity contribution in [1.29, 1.82) is 0 Å². The Kier molecular flexibility index (Phi) is 2.06. The Labute approximate surface area is 88.3 Å². The maximum Gasteiger partial charge on any atom is 0.142 e. The van der Waals surface area contributed by atoms with Gasteiger partial charge in [-0.05, 0) is 30.4 Å². The van der Waals surface area contributed by atoms with Gasteiger partial charge >= 0.3 is 0 Å². The van der Waals surface area contributed by atoms with E-state index < -0.39 is 0 Å². The van der Waals surface area contributed by atoms with Crippen LogP contribution in [-0.4, -0.2) is 33.9 Å². The van der Waals surface area contributed by atoms with Gasteiger partial charge in [0, 0.05) is 25.4 Å². The first-order valence-electron chi connectivity index (χ1n) is 5.41. The molecule has 1 unspecified atom stereocenters. The molecule has 2 aliphatic heterocycles. The van der Waals surface area contributed by atoms with Crippen LogP contribution in [0.25, 0.3) is 0 Å². The van der Waals surface area contributed by atoms with Crippen LogP contribution in [0.5, 0.6) is 0 Å². The number of hydrogen-bond donors (Lipinski definition) is 0. The van der Waals surface area contributed by atoms with Crippen LogP contribution in [0, 0.1) is 5.92 Å². The summed E-state index contributed by atoms with van der Waals surface area (Å²) in [4.78, 5) is 7.17. The smallest absolute Gasteiger partial charge is 0.142 e. The second-order valence-corrected chi connectivity index (χ2v) is 5.10. The molecule has 3 rings (SSSR count). The fourth-order valence-electron chi connectivity index (χ4n) is 2.63. The first-order chi connectivity index (χ1) is 6.86. The monoisotopic (exact) mass is 209 g/mol. The number of rotatable bonds is 2. The highest BCUT2D eigenvalue weighted by Crippen LogP contribution is 2.40. The van der Waals surface area contributed by atoms with E-state index in [0.29, 0.717) is 5.92 Å². The summed E-state index contributed by atoms with van der Waals surface area (Å²) in [5.41, 5.74) is 0. The zero-order chi connectivity index (χ0) is 9.54. The van der Waals surface area contributed by atoms with E-state index in [9.17, 15) is 0 Å². The lowest BCUT2D eigenvalue weighted by atomic mass is 9.93. The average Bonchev–Trinajstić information content (AvgIpc) is 2.93. The van der Waals surface area contributed by atoms with E-state index in [0.717, 1.165) is 18.2 Å². The number of nitrogens with zero attached hydrogens (tertiary/aromatic N) is 3. The van der Waals surface area contributed by atoms with Gasteiger partial charge in [0.25, 0.3) is 0 Å². The molecule has 3 atom stereocenters. The minimum Gasteiger partial charge on any atom is -0.302 e. The molecule has 3 heterocycles. The van der Waals surface area contributed by atoms with E-state index in [4.69, 9.17) is 0 Å². The summed E-state index contributed by atoms with van der Waals surface area (Å²) in [6.45, 7) is 5.95. The lowest BCUT2D eigenvalue weighted by Crippen LogP contribution is -2.22. The molecule has 2 fully saturated rings. The van der Waals surface area contributed by atoms with Crippen molar-refractivity contribution >= 4 is 11.5 Å². The molecule has 0 N–H and O–H groups in total. The third-order valence-electron chi connectivity index (χ3n) is 3.45. The Morgan fingerprint density at radius 1 is 1.50 bits per heavy atom. The van der Waals surface area contributed by atoms with Crippen LogP contribution in [0.2, 0.25) is 0 Å². The van der Waals surface area contributed by atoms with Gasteiger partial charge in [-0.1, -0.05) is 6.92 Å². The number of hydrogen-bond acceptors (Lipinski definition) is 4. The molecule has 2 bridgehead atoms. The number of fused-ring (bicyclic) bond motifs is 2. The molecular weight excluding hydrogens is 194 g/mol. The first-order valence-corrected chi connectivity index (χ1v) is 6.19. The molecule has 2 saturated heterocycles. The highest BCUT2D eigenvalue weighted by Gasteiger charge is 2.40. The number of aromatic nitrogens is 2. The van der Waals surface area contributed by atoms with Gasteiger partial charge in [-0.25, -0.2) is 4.98 Å². The summed E-state index contributed by atoms with van der Waals surface area (Å²) in [6, 6.07) is 0. The Hall–Kier alpha value is -0.480. The van der Waals surface area contributed by atoms with Crippen LogP contribution in [0.15, 0.2) is 0 Å². The molecule has 0 aliphatic carbocycles. The lowest BCUT2D eigenvalue weighted by Gasteiger charge is -2.19. The fraction of sp³-hybridized carbons (Fsp3) is 0.800. The van der Waals surface area contributed by atoms with Crippen LogP contribution in [0.1, 0.15) is 30.1 Å². The Morgan fingerprint density at radius 2 is 2.43 bits per heavy atom. The third kappa shape index (κ3) is 1.28. The van der Waals surface area contributed by atoms with E-state index in [-0.39, 0.29) is 0 Å². The molecule has 2 aliphatic rings. The summed E-state index contributed by atoms with van der Waals surface area (Å²) in [5, 5.41) is 1.29. The van der Waals surface area contributed by atoms with Crippen LogP contribution in [0.3, 0.4) is 0 Å². The highest BCUT2D eigenvalue weighted by molar-refractivity contribution is 7.05. The molecule has 4 heteroatoms. The first kappa shape index (κ1) is 8.80. The quantitative estimate of drug-likeness (QED) is 0.739. The molecule has 0 spiro atoms. The number of aryl methyl sites for hydroxylation is 1. The van der Waals surface area contributed by atoms with E-state index in [1.165, 1.54) is 31.1 Å². The zero-order valence-electron chi connectivity index (χ0n) is 8.44. The van der Waals surface area contributed by atoms with Crippen molar-refractivity contribution in [3.63, 3.8) is 0 Å². The summed E-state index contributed by atoms with van der Waals surface area (Å²) in [7, 11) is 0. The molecule has 0 radical (unpaired) electrons. The van der Waals surface area contributed by atoms with Crippen molar-refractivity contribution in [3.8, 4) is 0 Å². The summed E-state index contributed by atoms with van der Waals surface area (Å²) in [6.07, 6.45) is 2.34. The second kappa shape index (κ2) is 3.28. The van der Waals surface area contributed by atoms with E-state index in [1.807, 2.05) is 0 Å². The predicted molar refractivity (Wildman–Crippen MR) is 56.6 cm³/mol. The van der Waals surface area contributed by atoms with Crippen LogP contribution >= 0.6 is 11.5 Å². The van der Waals surface area contributed by atoms with Gasteiger partial charge in [0.05, 0.1) is 0 Å². The maximum absolute atomic E-state index is 4.61. The fourth-order valence-corrected chi connectivity index (χ4v) is 3.54. The second-order valence-electron chi connectivity index (χ2n) is 4.32. The SMILES string of the molecule is CCc1nsc([C@H]2CN3CC[C@H]2C3)n1. The van der Waals surface area contributed by atoms with Crippen molar-refractivity contribution in [3.05, 3.63) is 10.8 Å². The molecule has 1 aromatic rings. The van der Waals surface area contributed by atoms with Crippen LogP contribution in [-0.2, 0) is 6.42 Å². The zero-order valence-corrected chi connectivity index (χ0v) is 9.26. The van der Waals surface area contributed by atoms with Crippen molar-refractivity contribution in [2.45, 2.75) is 25.7 Å². The van der Waals surface area contributed by atoms with Crippen LogP contribution in [0.4, 0.5) is 0 Å². The molecular formula is C10H15N3S. The standard InChI is InChI=1S/C10H15N3S/c1-2-9-11-10(14-12-9)8-6-13-4-3-7(8)5-13/h7-8H,2-6H2,1H3/t7-,8-/m0/s1. The van der Waals surface area contributed by atoms with Gasteiger partial charge in [0.1, 0.15) is 10.8 Å². The van der Waals surface area contributed by atoms with Crippen molar-refractivity contribution in [2.75, 3.05) is 19.6 Å². The molecule has 0 aromatic carbocycles. The normalized spacial score (nSPS) is 35.4. The Balaban J connectivity index is 1.82. The summed E-state index contributed by atoms with van der Waals surface area (Å²) < 4.78 is 4.37. The largest absolute Gasteiger partial charge is 0.302 e. The highest BCUT2D eigenvalue weighted by atomic mass is 32.1. The topological polar surface area (TPSA) is 29.0 Å². The molecule has 0 saturated carbocycles. The van der Waals surface area contributed by atoms with Crippen molar-refractivity contribution < 1.29 is 0 Å². The number of piperidine rings is 1. The van der Waals surface area contributed by atoms with Gasteiger partial charge in [-0.2, -0.15) is 4.37 Å². The van der Waals surface area contributed by atoms with Crippen molar-refractivity contribution in [1.82, 2.24) is 14.3 Å². The molecule has 1 aromatic heterocycles. The molecule has 76 valence electrons. The van der Waals surface area contributed by atoms with Gasteiger partial charge in [-0.15, -0.1) is 0 Å². The average molecular weight is 209 g/mol. The van der Waals surface area contributed by atoms with Gasteiger partial charge in [0.2, 0.25) is 0 Å². The van der Waals surface area contributed by atoms with Gasteiger partial charge < -0.3 is 4.90 Å². The van der Waals surface area contributed by atoms with Crippen LogP contribution < -0.4 is 0 Å². The third-order valence-corrected chi connectivity index (χ3v) is 4.33. The summed E-state index contributed by atoms with van der Waals surface area (Å²) in [5.74, 6) is 2.59. The molecule has 3 nitrogen and oxygen atoms in total. The maximum atomic E-state index is 4.61. The Bertz CT molecular complexity index is 336. The molecule has 0 amide bonds. The predicted octanol–water partition coefficient (Wildman–Crippen LogP) is 1.52.